The SMILES string of the molecule is CNC(Cc1cccc(F)c1)c1cnn2ccccc12. The van der Waals surface area contributed by atoms with Gasteiger partial charge in [0, 0.05) is 17.8 Å². The van der Waals surface area contributed by atoms with E-state index in [9.17, 15) is 4.39 Å². The number of halogens is 1. The maximum absolute atomic E-state index is 13.3. The van der Waals surface area contributed by atoms with Crippen LogP contribution in [0.5, 0.6) is 0 Å². The van der Waals surface area contributed by atoms with Gasteiger partial charge in [-0.15, -0.1) is 0 Å². The monoisotopic (exact) mass is 269 g/mol. The van der Waals surface area contributed by atoms with Gasteiger partial charge in [0.25, 0.3) is 0 Å². The molecule has 0 amide bonds. The van der Waals surface area contributed by atoms with Crippen LogP contribution < -0.4 is 5.32 Å². The number of rotatable bonds is 4. The van der Waals surface area contributed by atoms with Gasteiger partial charge in [0.15, 0.2) is 0 Å². The summed E-state index contributed by atoms with van der Waals surface area (Å²) in [5, 5.41) is 7.64. The van der Waals surface area contributed by atoms with Gasteiger partial charge in [-0.05, 0) is 43.3 Å². The van der Waals surface area contributed by atoms with Gasteiger partial charge in [-0.1, -0.05) is 18.2 Å². The normalized spacial score (nSPS) is 12.7. The minimum absolute atomic E-state index is 0.108. The zero-order chi connectivity index (χ0) is 13.9. The molecule has 20 heavy (non-hydrogen) atoms. The summed E-state index contributed by atoms with van der Waals surface area (Å²) in [5.74, 6) is -0.197. The van der Waals surface area contributed by atoms with Crippen LogP contribution in [0.15, 0.2) is 54.9 Å². The Morgan fingerprint density at radius 2 is 2.15 bits per heavy atom. The molecule has 2 heterocycles. The van der Waals surface area contributed by atoms with E-state index < -0.39 is 0 Å². The van der Waals surface area contributed by atoms with E-state index >= 15 is 0 Å². The molecule has 4 heteroatoms. The van der Waals surface area contributed by atoms with Crippen LogP contribution in [-0.2, 0) is 6.42 Å². The largest absolute Gasteiger partial charge is 0.313 e. The number of aromatic nitrogens is 2. The third-order valence-corrected chi connectivity index (χ3v) is 3.51. The molecular weight excluding hydrogens is 253 g/mol. The minimum atomic E-state index is -0.197. The molecule has 3 nitrogen and oxygen atoms in total. The molecule has 0 spiro atoms. The van der Waals surface area contributed by atoms with Crippen molar-refractivity contribution in [3.8, 4) is 0 Å². The third-order valence-electron chi connectivity index (χ3n) is 3.51. The van der Waals surface area contributed by atoms with Crippen molar-refractivity contribution in [1.29, 1.82) is 0 Å². The lowest BCUT2D eigenvalue weighted by Gasteiger charge is -2.15. The second-order valence-corrected chi connectivity index (χ2v) is 4.81. The highest BCUT2D eigenvalue weighted by molar-refractivity contribution is 5.55. The van der Waals surface area contributed by atoms with Gasteiger partial charge in [0.1, 0.15) is 5.82 Å². The smallest absolute Gasteiger partial charge is 0.123 e. The number of benzene rings is 1. The molecule has 2 aromatic heterocycles. The Kier molecular flexibility index (Phi) is 3.48. The number of nitrogens with zero attached hydrogens (tertiary/aromatic N) is 2. The quantitative estimate of drug-likeness (QED) is 0.789. The molecule has 1 atom stereocenters. The average Bonchev–Trinajstić information content (AvgIpc) is 2.89. The van der Waals surface area contributed by atoms with Crippen molar-refractivity contribution in [3.05, 3.63) is 71.8 Å². The minimum Gasteiger partial charge on any atom is -0.313 e. The second-order valence-electron chi connectivity index (χ2n) is 4.81. The Hall–Kier alpha value is -2.20. The molecule has 3 aromatic rings. The van der Waals surface area contributed by atoms with E-state index in [-0.39, 0.29) is 11.9 Å². The highest BCUT2D eigenvalue weighted by atomic mass is 19.1. The number of fused-ring (bicyclic) bond motifs is 1. The molecule has 3 rings (SSSR count). The first-order valence-corrected chi connectivity index (χ1v) is 6.62. The fourth-order valence-corrected chi connectivity index (χ4v) is 2.49. The van der Waals surface area contributed by atoms with Crippen molar-refractivity contribution in [3.63, 3.8) is 0 Å². The summed E-state index contributed by atoms with van der Waals surface area (Å²) < 4.78 is 15.1. The third kappa shape index (κ3) is 2.42. The molecule has 0 aliphatic heterocycles. The lowest BCUT2D eigenvalue weighted by molar-refractivity contribution is 0.587. The molecule has 1 unspecified atom stereocenters. The van der Waals surface area contributed by atoms with Gasteiger partial charge in [-0.3, -0.25) is 0 Å². The van der Waals surface area contributed by atoms with E-state index in [4.69, 9.17) is 0 Å². The molecule has 0 bridgehead atoms. The van der Waals surface area contributed by atoms with Crippen LogP contribution in [0.25, 0.3) is 5.52 Å². The summed E-state index contributed by atoms with van der Waals surface area (Å²) in [6.45, 7) is 0. The Bertz CT molecular complexity index is 720. The topological polar surface area (TPSA) is 29.3 Å². The molecule has 0 saturated carbocycles. The van der Waals surface area contributed by atoms with E-state index in [2.05, 4.69) is 10.4 Å². The van der Waals surface area contributed by atoms with E-state index in [0.29, 0.717) is 0 Å². The molecule has 0 aliphatic rings. The molecule has 1 N–H and O–H groups in total. The van der Waals surface area contributed by atoms with Crippen LogP contribution in [-0.4, -0.2) is 16.7 Å². The Morgan fingerprint density at radius 1 is 1.25 bits per heavy atom. The van der Waals surface area contributed by atoms with Gasteiger partial charge in [-0.2, -0.15) is 5.10 Å². The van der Waals surface area contributed by atoms with Crippen LogP contribution in [0.4, 0.5) is 4.39 Å². The standard InChI is InChI=1S/C16H16FN3/c1-18-15(10-12-5-4-6-13(17)9-12)14-11-19-20-8-3-2-7-16(14)20/h2-9,11,15,18H,10H2,1H3. The first-order valence-electron chi connectivity index (χ1n) is 6.62. The Morgan fingerprint density at radius 3 is 2.95 bits per heavy atom. The number of likely N-dealkylation sites (N-methyl/N-ethyl adjacent to an activating group) is 1. The molecule has 0 fully saturated rings. The first-order chi connectivity index (χ1) is 9.78. The van der Waals surface area contributed by atoms with E-state index in [1.54, 1.807) is 12.1 Å². The molecule has 1 aromatic carbocycles. The average molecular weight is 269 g/mol. The van der Waals surface area contributed by atoms with Gasteiger partial charge < -0.3 is 5.32 Å². The van der Waals surface area contributed by atoms with Crippen LogP contribution in [0.2, 0.25) is 0 Å². The number of nitrogens with one attached hydrogen (secondary N) is 1. The fourth-order valence-electron chi connectivity index (χ4n) is 2.49. The molecular formula is C16H16FN3. The summed E-state index contributed by atoms with van der Waals surface area (Å²) >= 11 is 0. The number of hydrogen-bond donors (Lipinski definition) is 1. The zero-order valence-electron chi connectivity index (χ0n) is 11.3. The molecule has 0 aliphatic carbocycles. The second kappa shape index (κ2) is 5.43. The number of pyridine rings is 1. The van der Waals surface area contributed by atoms with Crippen molar-refractivity contribution < 1.29 is 4.39 Å². The predicted molar refractivity (Wildman–Crippen MR) is 77.1 cm³/mol. The van der Waals surface area contributed by atoms with Crippen molar-refractivity contribution in [2.45, 2.75) is 12.5 Å². The highest BCUT2D eigenvalue weighted by Gasteiger charge is 2.15. The molecule has 0 radical (unpaired) electrons. The van der Waals surface area contributed by atoms with Crippen LogP contribution >= 0.6 is 0 Å². The van der Waals surface area contributed by atoms with Gasteiger partial charge in [0.05, 0.1) is 11.7 Å². The van der Waals surface area contributed by atoms with Gasteiger partial charge in [-0.25, -0.2) is 8.91 Å². The summed E-state index contributed by atoms with van der Waals surface area (Å²) in [4.78, 5) is 0. The van der Waals surface area contributed by atoms with Crippen molar-refractivity contribution >= 4 is 5.52 Å². The fraction of sp³-hybridized carbons (Fsp3) is 0.188. The summed E-state index contributed by atoms with van der Waals surface area (Å²) in [5.41, 5.74) is 3.17. The van der Waals surface area contributed by atoms with Crippen LogP contribution in [0, 0.1) is 5.82 Å². The van der Waals surface area contributed by atoms with E-state index in [1.807, 2.05) is 48.2 Å². The Labute approximate surface area is 117 Å². The zero-order valence-corrected chi connectivity index (χ0v) is 11.3. The van der Waals surface area contributed by atoms with Crippen molar-refractivity contribution in [2.75, 3.05) is 7.05 Å². The maximum atomic E-state index is 13.3. The lowest BCUT2D eigenvalue weighted by Crippen LogP contribution is -2.18. The van der Waals surface area contributed by atoms with E-state index in [1.165, 1.54) is 6.07 Å². The van der Waals surface area contributed by atoms with Crippen molar-refractivity contribution in [2.24, 2.45) is 0 Å². The maximum Gasteiger partial charge on any atom is 0.123 e. The van der Waals surface area contributed by atoms with Crippen molar-refractivity contribution in [1.82, 2.24) is 14.9 Å². The van der Waals surface area contributed by atoms with E-state index in [0.717, 1.165) is 23.1 Å². The van der Waals surface area contributed by atoms with Gasteiger partial charge in [0.2, 0.25) is 0 Å². The molecule has 102 valence electrons. The molecule has 0 saturated heterocycles. The number of hydrogen-bond acceptors (Lipinski definition) is 2. The van der Waals surface area contributed by atoms with Crippen LogP contribution in [0.1, 0.15) is 17.2 Å². The first kappa shape index (κ1) is 12.8. The lowest BCUT2D eigenvalue weighted by atomic mass is 10.00. The predicted octanol–water partition coefficient (Wildman–Crippen LogP) is 2.98. The summed E-state index contributed by atoms with van der Waals surface area (Å²) in [7, 11) is 1.91. The van der Waals surface area contributed by atoms with Crippen LogP contribution in [0.3, 0.4) is 0 Å². The summed E-state index contributed by atoms with van der Waals surface area (Å²) in [6, 6.07) is 12.8. The summed E-state index contributed by atoms with van der Waals surface area (Å²) in [6.07, 6.45) is 4.52. The highest BCUT2D eigenvalue weighted by Crippen LogP contribution is 2.22. The Balaban J connectivity index is 1.93. The van der Waals surface area contributed by atoms with Gasteiger partial charge >= 0.3 is 0 Å².